The van der Waals surface area contributed by atoms with Crippen LogP contribution in [0.4, 0.5) is 13.2 Å². The van der Waals surface area contributed by atoms with Crippen molar-refractivity contribution in [3.8, 4) is 0 Å². The second-order valence-electron chi connectivity index (χ2n) is 2.44. The van der Waals surface area contributed by atoms with Gasteiger partial charge in [0.15, 0.2) is 0 Å². The van der Waals surface area contributed by atoms with E-state index in [9.17, 15) is 13.2 Å². The number of hydrogen-bond donors (Lipinski definition) is 0. The maximum absolute atomic E-state index is 11.6. The van der Waals surface area contributed by atoms with Crippen molar-refractivity contribution in [2.24, 2.45) is 0 Å². The van der Waals surface area contributed by atoms with Gasteiger partial charge in [-0.1, -0.05) is 11.6 Å². The quantitative estimate of drug-likeness (QED) is 0.793. The lowest BCUT2D eigenvalue weighted by atomic mass is 10.5. The lowest BCUT2D eigenvalue weighted by molar-refractivity contribution is -0.176. The van der Waals surface area contributed by atoms with Crippen LogP contribution in [0.3, 0.4) is 0 Å². The Labute approximate surface area is 82.9 Å². The van der Waals surface area contributed by atoms with Crippen molar-refractivity contribution in [3.05, 3.63) is 23.2 Å². The van der Waals surface area contributed by atoms with Crippen molar-refractivity contribution in [3.63, 3.8) is 0 Å². The minimum absolute atomic E-state index is 0.185. The summed E-state index contributed by atoms with van der Waals surface area (Å²) in [6.45, 7) is -1.53. The van der Waals surface area contributed by atoms with Gasteiger partial charge in [0.05, 0.1) is 24.7 Å². The molecule has 1 aromatic heterocycles. The summed E-state index contributed by atoms with van der Waals surface area (Å²) in [5, 5.41) is 0.185. The minimum Gasteiger partial charge on any atom is -0.366 e. The molecule has 0 fully saturated rings. The normalized spacial score (nSPS) is 11.7. The van der Waals surface area contributed by atoms with Gasteiger partial charge in [-0.05, 0) is 0 Å². The zero-order valence-electron chi connectivity index (χ0n) is 6.88. The van der Waals surface area contributed by atoms with Gasteiger partial charge >= 0.3 is 6.18 Å². The van der Waals surface area contributed by atoms with Crippen LogP contribution in [0, 0.1) is 0 Å². The number of alkyl halides is 3. The van der Waals surface area contributed by atoms with Gasteiger partial charge in [-0.2, -0.15) is 13.2 Å². The maximum Gasteiger partial charge on any atom is 0.411 e. The summed E-state index contributed by atoms with van der Waals surface area (Å²) in [7, 11) is 0. The number of ether oxygens (including phenoxy) is 1. The number of halogens is 4. The fraction of sp³-hybridized carbons (Fsp3) is 0.429. The molecule has 1 rings (SSSR count). The van der Waals surface area contributed by atoms with E-state index in [1.165, 1.54) is 12.4 Å². The van der Waals surface area contributed by atoms with Crippen molar-refractivity contribution >= 4 is 11.6 Å². The molecule has 0 radical (unpaired) electrons. The summed E-state index contributed by atoms with van der Waals surface area (Å²) in [6.07, 6.45) is -1.81. The highest BCUT2D eigenvalue weighted by Crippen LogP contribution is 2.15. The topological polar surface area (TPSA) is 35.0 Å². The highest BCUT2D eigenvalue weighted by molar-refractivity contribution is 6.29. The van der Waals surface area contributed by atoms with Crippen molar-refractivity contribution in [2.45, 2.75) is 12.8 Å². The van der Waals surface area contributed by atoms with Gasteiger partial charge in [0, 0.05) is 0 Å². The largest absolute Gasteiger partial charge is 0.411 e. The van der Waals surface area contributed by atoms with Crippen LogP contribution < -0.4 is 0 Å². The molecule has 1 aromatic rings. The lowest BCUT2D eigenvalue weighted by Crippen LogP contribution is -2.16. The molecular formula is C7H6ClF3N2O. The van der Waals surface area contributed by atoms with Crippen LogP contribution in [0.1, 0.15) is 5.69 Å². The highest BCUT2D eigenvalue weighted by Gasteiger charge is 2.27. The van der Waals surface area contributed by atoms with Crippen molar-refractivity contribution in [1.82, 2.24) is 9.97 Å². The van der Waals surface area contributed by atoms with Crippen molar-refractivity contribution in [2.75, 3.05) is 6.61 Å². The lowest BCUT2D eigenvalue weighted by Gasteiger charge is -2.06. The molecule has 0 aliphatic rings. The zero-order valence-corrected chi connectivity index (χ0v) is 7.64. The first-order valence-corrected chi connectivity index (χ1v) is 3.96. The van der Waals surface area contributed by atoms with Gasteiger partial charge in [-0.3, -0.25) is 4.98 Å². The smallest absolute Gasteiger partial charge is 0.366 e. The van der Waals surface area contributed by atoms with Crippen LogP contribution in [0.2, 0.25) is 5.15 Å². The number of aromatic nitrogens is 2. The van der Waals surface area contributed by atoms with E-state index in [1.807, 2.05) is 0 Å². The molecule has 0 amide bonds. The highest BCUT2D eigenvalue weighted by atomic mass is 35.5. The van der Waals surface area contributed by atoms with E-state index in [1.54, 1.807) is 0 Å². The Morgan fingerprint density at radius 1 is 1.29 bits per heavy atom. The molecule has 14 heavy (non-hydrogen) atoms. The standard InChI is InChI=1S/C7H6ClF3N2O/c8-6-2-12-5(1-13-6)3-14-4-7(9,10)11/h1-2H,3-4H2. The Bertz CT molecular complexity index is 288. The molecule has 0 aliphatic heterocycles. The molecule has 0 unspecified atom stereocenters. The predicted octanol–water partition coefficient (Wildman–Crippen LogP) is 2.21. The summed E-state index contributed by atoms with van der Waals surface area (Å²) in [5.74, 6) is 0. The average molecular weight is 227 g/mol. The molecule has 0 aliphatic carbocycles. The van der Waals surface area contributed by atoms with Gasteiger partial charge < -0.3 is 4.74 Å². The molecule has 0 N–H and O–H groups in total. The van der Waals surface area contributed by atoms with Crippen LogP contribution >= 0.6 is 11.6 Å². The molecule has 7 heteroatoms. The SMILES string of the molecule is FC(F)(F)COCc1cnc(Cl)cn1. The predicted molar refractivity (Wildman–Crippen MR) is 42.8 cm³/mol. The Balaban J connectivity index is 2.35. The maximum atomic E-state index is 11.6. The number of hydrogen-bond acceptors (Lipinski definition) is 3. The summed E-state index contributed by atoms with van der Waals surface area (Å²) >= 11 is 5.42. The molecule has 0 saturated heterocycles. The number of rotatable bonds is 3. The number of nitrogens with zero attached hydrogens (tertiary/aromatic N) is 2. The second-order valence-corrected chi connectivity index (χ2v) is 2.83. The third kappa shape index (κ3) is 4.38. The van der Waals surface area contributed by atoms with E-state index in [-0.39, 0.29) is 11.8 Å². The minimum atomic E-state index is -4.32. The molecule has 3 nitrogen and oxygen atoms in total. The summed E-state index contributed by atoms with van der Waals surface area (Å²) in [5.41, 5.74) is 0.304. The Hall–Kier alpha value is -0.880. The van der Waals surface area contributed by atoms with Crippen LogP contribution in [0.15, 0.2) is 12.4 Å². The Kier molecular flexibility index (Phi) is 3.65. The Morgan fingerprint density at radius 2 is 2.00 bits per heavy atom. The molecule has 0 atom stereocenters. The van der Waals surface area contributed by atoms with E-state index in [0.717, 1.165) is 0 Å². The fourth-order valence-electron chi connectivity index (χ4n) is 0.685. The average Bonchev–Trinajstić information content (AvgIpc) is 2.06. The third-order valence-corrected chi connectivity index (χ3v) is 1.38. The molecule has 0 spiro atoms. The van der Waals surface area contributed by atoms with Crippen molar-refractivity contribution < 1.29 is 17.9 Å². The van der Waals surface area contributed by atoms with Crippen molar-refractivity contribution in [1.29, 1.82) is 0 Å². The van der Waals surface area contributed by atoms with Crippen LogP contribution in [0.5, 0.6) is 0 Å². The van der Waals surface area contributed by atoms with Crippen LogP contribution in [-0.4, -0.2) is 22.8 Å². The zero-order chi connectivity index (χ0) is 10.6. The van der Waals surface area contributed by atoms with Gasteiger partial charge in [-0.15, -0.1) is 0 Å². The van der Waals surface area contributed by atoms with E-state index < -0.39 is 12.8 Å². The first-order valence-electron chi connectivity index (χ1n) is 3.58. The molecular weight excluding hydrogens is 221 g/mol. The van der Waals surface area contributed by atoms with E-state index in [4.69, 9.17) is 11.6 Å². The third-order valence-electron chi connectivity index (χ3n) is 1.19. The fourth-order valence-corrected chi connectivity index (χ4v) is 0.782. The Morgan fingerprint density at radius 3 is 2.50 bits per heavy atom. The van der Waals surface area contributed by atoms with Gasteiger partial charge in [0.1, 0.15) is 11.8 Å². The van der Waals surface area contributed by atoms with Crippen LogP contribution in [0.25, 0.3) is 0 Å². The summed E-state index contributed by atoms with van der Waals surface area (Å²) < 4.78 is 39.3. The van der Waals surface area contributed by atoms with Gasteiger partial charge in [0.2, 0.25) is 0 Å². The van der Waals surface area contributed by atoms with Gasteiger partial charge in [0.25, 0.3) is 0 Å². The molecule has 0 bridgehead atoms. The molecule has 1 heterocycles. The van der Waals surface area contributed by atoms with E-state index in [0.29, 0.717) is 5.69 Å². The monoisotopic (exact) mass is 226 g/mol. The molecule has 78 valence electrons. The second kappa shape index (κ2) is 4.56. The molecule has 0 saturated carbocycles. The first-order chi connectivity index (χ1) is 6.47. The van der Waals surface area contributed by atoms with E-state index >= 15 is 0 Å². The first kappa shape index (κ1) is 11.2. The molecule has 0 aromatic carbocycles. The van der Waals surface area contributed by atoms with Gasteiger partial charge in [-0.25, -0.2) is 4.98 Å². The van der Waals surface area contributed by atoms with Crippen LogP contribution in [-0.2, 0) is 11.3 Å². The summed E-state index contributed by atoms with van der Waals surface area (Å²) in [6, 6.07) is 0. The van der Waals surface area contributed by atoms with E-state index in [2.05, 4.69) is 14.7 Å². The summed E-state index contributed by atoms with van der Waals surface area (Å²) in [4.78, 5) is 7.35.